The molecule has 2 amide bonds. The highest BCUT2D eigenvalue weighted by Gasteiger charge is 2.35. The van der Waals surface area contributed by atoms with Crippen molar-refractivity contribution in [2.24, 2.45) is 5.92 Å². The van der Waals surface area contributed by atoms with Crippen LogP contribution in [0, 0.1) is 12.8 Å². The van der Waals surface area contributed by atoms with Gasteiger partial charge in [0, 0.05) is 30.7 Å². The fraction of sp³-hybridized carbons (Fsp3) is 0.600. The summed E-state index contributed by atoms with van der Waals surface area (Å²) in [5, 5.41) is 6.58. The summed E-state index contributed by atoms with van der Waals surface area (Å²) in [6.45, 7) is 7.42. The molecule has 2 heterocycles. The van der Waals surface area contributed by atoms with Crippen LogP contribution in [0.15, 0.2) is 24.3 Å². The Bertz CT molecular complexity index is 650. The quantitative estimate of drug-likeness (QED) is 0.845. The fourth-order valence-corrected chi connectivity index (χ4v) is 3.90. The Balaban J connectivity index is 0.00000243. The van der Waals surface area contributed by atoms with Gasteiger partial charge in [-0.1, -0.05) is 32.0 Å². The van der Waals surface area contributed by atoms with E-state index in [9.17, 15) is 9.59 Å². The molecule has 144 valence electrons. The zero-order chi connectivity index (χ0) is 18.0. The number of nitrogens with one attached hydrogen (secondary N) is 2. The van der Waals surface area contributed by atoms with Crippen LogP contribution in [-0.2, 0) is 4.79 Å². The average Bonchev–Trinajstić information content (AvgIpc) is 2.91. The van der Waals surface area contributed by atoms with E-state index >= 15 is 0 Å². The van der Waals surface area contributed by atoms with E-state index < -0.39 is 6.04 Å². The molecule has 0 radical (unpaired) electrons. The normalized spacial score (nSPS) is 23.2. The van der Waals surface area contributed by atoms with Crippen molar-refractivity contribution in [1.29, 1.82) is 0 Å². The number of carbonyl (C=O) groups excluding carboxylic acids is 2. The number of nitrogens with zero attached hydrogens (tertiary/aromatic N) is 1. The van der Waals surface area contributed by atoms with Crippen LogP contribution in [0.1, 0.15) is 49.0 Å². The maximum absolute atomic E-state index is 13.1. The van der Waals surface area contributed by atoms with E-state index in [0.717, 1.165) is 31.5 Å². The molecule has 2 fully saturated rings. The first-order valence-corrected chi connectivity index (χ1v) is 9.37. The molecule has 2 N–H and O–H groups in total. The van der Waals surface area contributed by atoms with Crippen molar-refractivity contribution in [3.63, 3.8) is 0 Å². The molecule has 2 saturated heterocycles. The highest BCUT2D eigenvalue weighted by Crippen LogP contribution is 2.21. The molecular formula is C20H30ClN3O2. The molecule has 6 heteroatoms. The Morgan fingerprint density at radius 3 is 2.54 bits per heavy atom. The van der Waals surface area contributed by atoms with E-state index in [2.05, 4.69) is 10.6 Å². The molecule has 3 atom stereocenters. The Morgan fingerprint density at radius 1 is 1.15 bits per heavy atom. The molecule has 2 bridgehead atoms. The van der Waals surface area contributed by atoms with Crippen LogP contribution >= 0.6 is 12.4 Å². The average molecular weight is 380 g/mol. The SMILES string of the molecule is Cc1ccccc1C(=O)NC(C(=O)N1CCC2CCC(C1)N2)C(C)C.Cl. The molecule has 1 aromatic carbocycles. The number of amides is 2. The van der Waals surface area contributed by atoms with E-state index in [1.165, 1.54) is 6.42 Å². The number of hydrogen-bond acceptors (Lipinski definition) is 3. The van der Waals surface area contributed by atoms with E-state index in [1.54, 1.807) is 6.07 Å². The number of fused-ring (bicyclic) bond motifs is 2. The van der Waals surface area contributed by atoms with Gasteiger partial charge in [-0.2, -0.15) is 0 Å². The Labute approximate surface area is 162 Å². The number of halogens is 1. The van der Waals surface area contributed by atoms with Crippen molar-refractivity contribution in [3.8, 4) is 0 Å². The molecule has 2 aliphatic heterocycles. The van der Waals surface area contributed by atoms with Crippen molar-refractivity contribution in [3.05, 3.63) is 35.4 Å². The van der Waals surface area contributed by atoms with Gasteiger partial charge in [-0.3, -0.25) is 9.59 Å². The van der Waals surface area contributed by atoms with Gasteiger partial charge >= 0.3 is 0 Å². The number of aryl methyl sites for hydroxylation is 1. The number of hydrogen-bond donors (Lipinski definition) is 2. The maximum atomic E-state index is 13.1. The molecular weight excluding hydrogens is 350 g/mol. The molecule has 0 aromatic heterocycles. The standard InChI is InChI=1S/C20H29N3O2.ClH/c1-13(2)18(22-19(24)17-7-5-4-6-14(17)3)20(25)23-11-10-15-8-9-16(12-23)21-15;/h4-7,13,15-16,18,21H,8-12H2,1-3H3,(H,22,24);1H. The van der Waals surface area contributed by atoms with Crippen LogP contribution in [-0.4, -0.2) is 47.9 Å². The number of benzene rings is 1. The largest absolute Gasteiger partial charge is 0.340 e. The lowest BCUT2D eigenvalue weighted by molar-refractivity contribution is -0.134. The number of likely N-dealkylation sites (tertiary alicyclic amines) is 1. The third-order valence-electron chi connectivity index (χ3n) is 5.44. The summed E-state index contributed by atoms with van der Waals surface area (Å²) in [6, 6.07) is 7.95. The van der Waals surface area contributed by atoms with E-state index in [-0.39, 0.29) is 30.1 Å². The molecule has 0 saturated carbocycles. The first kappa shape index (κ1) is 20.7. The van der Waals surface area contributed by atoms with E-state index in [0.29, 0.717) is 17.6 Å². The van der Waals surface area contributed by atoms with Crippen LogP contribution in [0.4, 0.5) is 0 Å². The van der Waals surface area contributed by atoms with Gasteiger partial charge in [0.05, 0.1) is 0 Å². The Hall–Kier alpha value is -1.59. The summed E-state index contributed by atoms with van der Waals surface area (Å²) in [5.41, 5.74) is 1.56. The molecule has 3 unspecified atom stereocenters. The first-order chi connectivity index (χ1) is 12.0. The van der Waals surface area contributed by atoms with Gasteiger partial charge in [0.2, 0.25) is 5.91 Å². The lowest BCUT2D eigenvalue weighted by Crippen LogP contribution is -2.53. The first-order valence-electron chi connectivity index (χ1n) is 9.37. The summed E-state index contributed by atoms with van der Waals surface area (Å²) in [4.78, 5) is 27.7. The third-order valence-corrected chi connectivity index (χ3v) is 5.44. The van der Waals surface area contributed by atoms with Crippen LogP contribution in [0.5, 0.6) is 0 Å². The minimum absolute atomic E-state index is 0. The molecule has 3 rings (SSSR count). The molecule has 26 heavy (non-hydrogen) atoms. The second-order valence-electron chi connectivity index (χ2n) is 7.72. The van der Waals surface area contributed by atoms with Gasteiger partial charge in [-0.05, 0) is 43.7 Å². The van der Waals surface area contributed by atoms with Crippen molar-refractivity contribution in [2.75, 3.05) is 13.1 Å². The second kappa shape index (κ2) is 8.87. The van der Waals surface area contributed by atoms with E-state index in [1.807, 2.05) is 43.9 Å². The highest BCUT2D eigenvalue weighted by molar-refractivity contribution is 5.98. The van der Waals surface area contributed by atoms with Crippen LogP contribution < -0.4 is 10.6 Å². The lowest BCUT2D eigenvalue weighted by Gasteiger charge is -2.31. The summed E-state index contributed by atoms with van der Waals surface area (Å²) in [7, 11) is 0. The smallest absolute Gasteiger partial charge is 0.252 e. The summed E-state index contributed by atoms with van der Waals surface area (Å²) in [5.74, 6) is -0.0697. The van der Waals surface area contributed by atoms with E-state index in [4.69, 9.17) is 0 Å². The summed E-state index contributed by atoms with van der Waals surface area (Å²) < 4.78 is 0. The minimum atomic E-state index is -0.483. The Morgan fingerprint density at radius 2 is 1.85 bits per heavy atom. The predicted molar refractivity (Wildman–Crippen MR) is 106 cm³/mol. The van der Waals surface area contributed by atoms with Crippen LogP contribution in [0.25, 0.3) is 0 Å². The number of carbonyl (C=O) groups is 2. The van der Waals surface area contributed by atoms with Crippen molar-refractivity contribution in [2.45, 2.75) is 58.2 Å². The van der Waals surface area contributed by atoms with Gasteiger partial charge in [0.25, 0.3) is 5.91 Å². The van der Waals surface area contributed by atoms with Gasteiger partial charge in [-0.25, -0.2) is 0 Å². The molecule has 1 aromatic rings. The summed E-state index contributed by atoms with van der Waals surface area (Å²) >= 11 is 0. The topological polar surface area (TPSA) is 61.4 Å². The maximum Gasteiger partial charge on any atom is 0.252 e. The molecule has 2 aliphatic rings. The van der Waals surface area contributed by atoms with Crippen LogP contribution in [0.2, 0.25) is 0 Å². The van der Waals surface area contributed by atoms with Gasteiger partial charge in [0.1, 0.15) is 6.04 Å². The molecule has 5 nitrogen and oxygen atoms in total. The zero-order valence-electron chi connectivity index (χ0n) is 15.8. The molecule has 0 aliphatic carbocycles. The van der Waals surface area contributed by atoms with Gasteiger partial charge in [-0.15, -0.1) is 12.4 Å². The van der Waals surface area contributed by atoms with Crippen molar-refractivity contribution < 1.29 is 9.59 Å². The third kappa shape index (κ3) is 4.57. The Kier molecular flexibility index (Phi) is 7.07. The summed E-state index contributed by atoms with van der Waals surface area (Å²) in [6.07, 6.45) is 3.35. The monoisotopic (exact) mass is 379 g/mol. The highest BCUT2D eigenvalue weighted by atomic mass is 35.5. The lowest BCUT2D eigenvalue weighted by atomic mass is 10.00. The van der Waals surface area contributed by atoms with Gasteiger partial charge < -0.3 is 15.5 Å². The van der Waals surface area contributed by atoms with Crippen molar-refractivity contribution in [1.82, 2.24) is 15.5 Å². The zero-order valence-corrected chi connectivity index (χ0v) is 16.6. The van der Waals surface area contributed by atoms with Gasteiger partial charge in [0.15, 0.2) is 0 Å². The number of rotatable bonds is 4. The fourth-order valence-electron chi connectivity index (χ4n) is 3.90. The predicted octanol–water partition coefficient (Wildman–Crippen LogP) is 2.52. The van der Waals surface area contributed by atoms with Crippen molar-refractivity contribution >= 4 is 24.2 Å². The minimum Gasteiger partial charge on any atom is -0.340 e. The second-order valence-corrected chi connectivity index (χ2v) is 7.72. The van der Waals surface area contributed by atoms with Crippen LogP contribution in [0.3, 0.4) is 0 Å². The molecule has 0 spiro atoms.